The monoisotopic (exact) mass is 244 g/mol. The van der Waals surface area contributed by atoms with E-state index in [1.165, 1.54) is 5.10 Å². The molecule has 0 spiro atoms. The van der Waals surface area contributed by atoms with Crippen molar-refractivity contribution in [2.75, 3.05) is 0 Å². The van der Waals surface area contributed by atoms with Gasteiger partial charge in [0.1, 0.15) is 5.69 Å². The third kappa shape index (κ3) is 3.53. The zero-order valence-electron chi connectivity index (χ0n) is 7.79. The van der Waals surface area contributed by atoms with E-state index < -0.39 is 23.7 Å². The summed E-state index contributed by atoms with van der Waals surface area (Å²) in [6.45, 7) is 0. The van der Waals surface area contributed by atoms with E-state index in [9.17, 15) is 26.3 Å². The number of nitrogens with one attached hydrogen (secondary N) is 1. The molecule has 0 aliphatic heterocycles. The smallest absolute Gasteiger partial charge is 1.00 e. The average Bonchev–Trinajstić information content (AvgIpc) is 2.28. The van der Waals surface area contributed by atoms with Gasteiger partial charge in [-0.1, -0.05) is 0 Å². The minimum Gasteiger partial charge on any atom is -1.00 e. The van der Waals surface area contributed by atoms with Crippen molar-refractivity contribution in [2.24, 2.45) is 0 Å². The van der Waals surface area contributed by atoms with E-state index in [0.717, 1.165) is 0 Å². The Morgan fingerprint density at radius 3 is 1.79 bits per heavy atom. The van der Waals surface area contributed by atoms with E-state index >= 15 is 0 Å². The molecule has 0 atom stereocenters. The van der Waals surface area contributed by atoms with Crippen LogP contribution in [0.15, 0.2) is 6.07 Å². The number of halogens is 6. The van der Waals surface area contributed by atoms with Gasteiger partial charge in [0.05, 0.1) is 0 Å². The Hall–Kier alpha value is 0.426. The molecule has 0 amide bonds. The summed E-state index contributed by atoms with van der Waals surface area (Å²) in [6, 6.07) is -0.0833. The van der Waals surface area contributed by atoms with Gasteiger partial charge < -0.3 is 1.43 Å². The van der Waals surface area contributed by atoms with Crippen LogP contribution in [0.25, 0.3) is 0 Å². The van der Waals surface area contributed by atoms with Crippen LogP contribution >= 0.6 is 0 Å². The quantitative estimate of drug-likeness (QED) is 0.486. The Morgan fingerprint density at radius 2 is 1.57 bits per heavy atom. The molecule has 0 aromatic carbocycles. The van der Waals surface area contributed by atoms with Gasteiger partial charge in [0.15, 0.2) is 5.69 Å². The van der Waals surface area contributed by atoms with E-state index in [1.54, 1.807) is 0 Å². The second-order valence-corrected chi connectivity index (χ2v) is 2.16. The third-order valence-electron chi connectivity index (χ3n) is 1.17. The number of hydrogen-bond acceptors (Lipinski definition) is 1. The molecule has 0 bridgehead atoms. The van der Waals surface area contributed by atoms with Crippen molar-refractivity contribution in [1.29, 1.82) is 0 Å². The zero-order valence-corrected chi connectivity index (χ0v) is 9.92. The minimum absolute atomic E-state index is 0. The number of aromatic amines is 1. The number of aromatic nitrogens is 2. The number of alkyl halides is 6. The Kier molecular flexibility index (Phi) is 4.65. The summed E-state index contributed by atoms with van der Waals surface area (Å²) in [5.41, 5.74) is -3.10. The molecule has 1 N–H and O–H groups in total. The Morgan fingerprint density at radius 1 is 1.07 bits per heavy atom. The molecule has 1 aromatic rings. The molecule has 9 heteroatoms. The summed E-state index contributed by atoms with van der Waals surface area (Å²) >= 11 is 0. The standard InChI is InChI=1S/C5H2F6N2.K.H/c6-4(7,8)2-1-3(13-12-2)5(9,10)11;;/h1H,(H,12,13);;/q;+1;-1. The van der Waals surface area contributed by atoms with E-state index in [4.69, 9.17) is 0 Å². The van der Waals surface area contributed by atoms with Crippen LogP contribution in [0.5, 0.6) is 0 Å². The second kappa shape index (κ2) is 4.52. The molecule has 1 heterocycles. The maximum atomic E-state index is 11.8. The Bertz CT molecular complexity index is 277. The molecule has 76 valence electrons. The van der Waals surface area contributed by atoms with E-state index in [2.05, 4.69) is 5.10 Å². The van der Waals surface area contributed by atoms with Crippen molar-refractivity contribution in [3.05, 3.63) is 17.5 Å². The Labute approximate surface area is 118 Å². The second-order valence-electron chi connectivity index (χ2n) is 2.16. The summed E-state index contributed by atoms with van der Waals surface area (Å²) in [6.07, 6.45) is -9.70. The first-order chi connectivity index (χ1) is 5.71. The fraction of sp³-hybridized carbons (Fsp3) is 0.400. The fourth-order valence-corrected chi connectivity index (χ4v) is 0.612. The van der Waals surface area contributed by atoms with Crippen molar-refractivity contribution >= 4 is 0 Å². The summed E-state index contributed by atoms with van der Waals surface area (Å²) in [5.74, 6) is 0. The van der Waals surface area contributed by atoms with Crippen LogP contribution in [-0.2, 0) is 12.4 Å². The van der Waals surface area contributed by atoms with Gasteiger partial charge in [0.2, 0.25) is 0 Å². The molecule has 14 heavy (non-hydrogen) atoms. The number of nitrogens with zero attached hydrogens (tertiary/aromatic N) is 1. The van der Waals surface area contributed by atoms with Gasteiger partial charge in [-0.15, -0.1) is 0 Å². The van der Waals surface area contributed by atoms with Crippen LogP contribution in [0.3, 0.4) is 0 Å². The van der Waals surface area contributed by atoms with Gasteiger partial charge in [0.25, 0.3) is 0 Å². The van der Waals surface area contributed by atoms with Crippen LogP contribution in [-0.4, -0.2) is 10.2 Å². The van der Waals surface area contributed by atoms with E-state index in [0.29, 0.717) is 0 Å². The van der Waals surface area contributed by atoms with Crippen LogP contribution in [0.4, 0.5) is 26.3 Å². The predicted octanol–water partition coefficient (Wildman–Crippen LogP) is -0.436. The first kappa shape index (κ1) is 14.4. The third-order valence-corrected chi connectivity index (χ3v) is 1.17. The first-order valence-corrected chi connectivity index (χ1v) is 2.91. The fourth-order valence-electron chi connectivity index (χ4n) is 0.612. The molecule has 1 rings (SSSR count). The summed E-state index contributed by atoms with van der Waals surface area (Å²) in [4.78, 5) is 0. The predicted molar refractivity (Wildman–Crippen MR) is 29.7 cm³/mol. The van der Waals surface area contributed by atoms with Gasteiger partial charge in [0, 0.05) is 6.07 Å². The molecular weight excluding hydrogens is 241 g/mol. The van der Waals surface area contributed by atoms with E-state index in [1.807, 2.05) is 0 Å². The van der Waals surface area contributed by atoms with Crippen molar-refractivity contribution < 1.29 is 79.2 Å². The van der Waals surface area contributed by atoms with Gasteiger partial charge in [-0.05, 0) is 0 Å². The number of rotatable bonds is 0. The average molecular weight is 244 g/mol. The molecule has 0 unspecified atom stereocenters. The number of hydrogen-bond donors (Lipinski definition) is 1. The van der Waals surface area contributed by atoms with Crippen LogP contribution in [0.1, 0.15) is 12.8 Å². The molecule has 0 aliphatic rings. The molecule has 0 saturated heterocycles. The van der Waals surface area contributed by atoms with Crippen LogP contribution < -0.4 is 51.4 Å². The van der Waals surface area contributed by atoms with Crippen LogP contribution in [0, 0.1) is 0 Å². The summed E-state index contributed by atoms with van der Waals surface area (Å²) in [7, 11) is 0. The molecule has 0 fully saturated rings. The van der Waals surface area contributed by atoms with Crippen molar-refractivity contribution in [2.45, 2.75) is 12.4 Å². The topological polar surface area (TPSA) is 28.7 Å². The molecule has 0 saturated carbocycles. The van der Waals surface area contributed by atoms with Crippen molar-refractivity contribution in [3.8, 4) is 0 Å². The number of H-pyrrole nitrogens is 1. The van der Waals surface area contributed by atoms with Crippen LogP contribution in [0.2, 0.25) is 0 Å². The van der Waals surface area contributed by atoms with E-state index in [-0.39, 0.29) is 58.9 Å². The summed E-state index contributed by atoms with van der Waals surface area (Å²) < 4.78 is 70.5. The largest absolute Gasteiger partial charge is 1.00 e. The SMILES string of the molecule is FC(F)(F)c1cc(C(F)(F)F)[nH]n1.[H-].[K+]. The molecule has 1 aromatic heterocycles. The maximum Gasteiger partial charge on any atom is 1.00 e. The van der Waals surface area contributed by atoms with Gasteiger partial charge in [-0.25, -0.2) is 0 Å². The normalized spacial score (nSPS) is 12.4. The van der Waals surface area contributed by atoms with Gasteiger partial charge in [-0.2, -0.15) is 31.4 Å². The molecular formula is C5H3F6KN2. The first-order valence-electron chi connectivity index (χ1n) is 2.91. The Balaban J connectivity index is 0. The molecule has 0 radical (unpaired) electrons. The molecule has 2 nitrogen and oxygen atoms in total. The van der Waals surface area contributed by atoms with Crippen molar-refractivity contribution in [1.82, 2.24) is 10.2 Å². The zero-order chi connectivity index (χ0) is 10.3. The summed E-state index contributed by atoms with van der Waals surface area (Å²) in [5, 5.41) is 3.74. The maximum absolute atomic E-state index is 11.8. The van der Waals surface area contributed by atoms with Crippen molar-refractivity contribution in [3.63, 3.8) is 0 Å². The molecule has 0 aliphatic carbocycles. The minimum atomic E-state index is -4.86. The van der Waals surface area contributed by atoms with Gasteiger partial charge >= 0.3 is 63.7 Å². The van der Waals surface area contributed by atoms with Gasteiger partial charge in [-0.3, -0.25) is 5.10 Å².